The van der Waals surface area contributed by atoms with Crippen LogP contribution in [0.1, 0.15) is 104 Å². The smallest absolute Gasteiger partial charge is 0.416 e. The molecule has 3 aromatic heterocycles. The fourth-order valence-electron chi connectivity index (χ4n) is 11.5. The highest BCUT2D eigenvalue weighted by Gasteiger charge is 2.60. The Bertz CT molecular complexity index is 2600. The van der Waals surface area contributed by atoms with Crippen molar-refractivity contribution in [2.24, 2.45) is 23.7 Å². The molecule has 0 saturated carbocycles. The maximum atomic E-state index is 15.0. The number of ketones is 2. The van der Waals surface area contributed by atoms with E-state index >= 15 is 0 Å². The average Bonchev–Trinajstić information content (AvgIpc) is 4.17. The minimum Gasteiger partial charge on any atom is -0.458 e. The highest BCUT2D eigenvalue weighted by molar-refractivity contribution is 6.00. The van der Waals surface area contributed by atoms with Crippen LogP contribution < -0.4 is 0 Å². The summed E-state index contributed by atoms with van der Waals surface area (Å²) in [5.74, 6) is -5.42. The van der Waals surface area contributed by atoms with Crippen molar-refractivity contribution in [1.29, 1.82) is 0 Å². The molecular formula is C55H75F3N8O10. The monoisotopic (exact) mass is 1060 g/mol. The van der Waals surface area contributed by atoms with E-state index in [-0.39, 0.29) is 25.2 Å². The zero-order valence-electron chi connectivity index (χ0n) is 45.3. The highest BCUT2D eigenvalue weighted by Crippen LogP contribution is 2.43. The number of aliphatic hydroxyl groups excluding tert-OH is 1. The van der Waals surface area contributed by atoms with Crippen LogP contribution in [0.5, 0.6) is 0 Å². The van der Waals surface area contributed by atoms with Crippen molar-refractivity contribution in [2.45, 2.75) is 174 Å². The standard InChI is InChI=1S/C55H75F3N8O10/c1-11-44-54(8)48(66(52(71)76-54)24-13-12-23-64-31-42(60-32-64)39-15-14-22-59-29-39)35(4)45(67)33(2)28-53(7,72-10)49(36(5)46(68)37(6)50(70)74-44)75-51-47(69)43(27-34(3)73-51)63(9)25-21-41-30-65(62-61-41)26-20-38-16-18-40(19-17-38)55(56,57)58/h14-19,22,29-37,43-44,47-49,51,69H,11-13,20-21,23-28H2,1-10H3/t33-,34-,35+,36+,37-,43+,44-,47-,48-,49-,51+,53-,54-/m1/s1. The molecule has 3 fully saturated rings. The summed E-state index contributed by atoms with van der Waals surface area (Å²) in [7, 11) is 3.33. The first-order valence-corrected chi connectivity index (χ1v) is 26.5. The van der Waals surface area contributed by atoms with E-state index in [9.17, 15) is 37.5 Å². The quantitative estimate of drug-likeness (QED) is 0.0622. The number of benzene rings is 1. The number of methoxy groups -OCH3 is 1. The number of halogens is 3. The number of esters is 1. The van der Waals surface area contributed by atoms with Crippen molar-refractivity contribution in [3.63, 3.8) is 0 Å². The van der Waals surface area contributed by atoms with E-state index in [1.807, 2.05) is 41.8 Å². The first kappa shape index (κ1) is 58.1. The number of imidazole rings is 1. The van der Waals surface area contributed by atoms with Gasteiger partial charge in [-0.2, -0.15) is 13.2 Å². The summed E-state index contributed by atoms with van der Waals surface area (Å²) >= 11 is 0. The lowest BCUT2D eigenvalue weighted by atomic mass is 9.73. The number of Topliss-reactive ketones (excluding diaryl/α,β-unsaturated/α-hetero) is 2. The Morgan fingerprint density at radius 3 is 2.33 bits per heavy atom. The summed E-state index contributed by atoms with van der Waals surface area (Å²) in [4.78, 5) is 70.1. The van der Waals surface area contributed by atoms with Crippen LogP contribution in [0.25, 0.3) is 11.3 Å². The number of carbonyl (C=O) groups is 4. The topological polar surface area (TPSA) is 203 Å². The van der Waals surface area contributed by atoms with E-state index in [1.165, 1.54) is 26.2 Å². The molecule has 416 valence electrons. The second kappa shape index (κ2) is 24.4. The largest absolute Gasteiger partial charge is 0.458 e. The number of carbonyl (C=O) groups excluding carboxylic acids is 4. The summed E-state index contributed by atoms with van der Waals surface area (Å²) in [6, 6.07) is 7.50. The van der Waals surface area contributed by atoms with Crippen LogP contribution in [0.15, 0.2) is 67.5 Å². The van der Waals surface area contributed by atoms with Crippen LogP contribution in [-0.2, 0) is 70.2 Å². The molecular weight excluding hydrogens is 990 g/mol. The second-order valence-corrected chi connectivity index (χ2v) is 21.5. The molecule has 13 atom stereocenters. The highest BCUT2D eigenvalue weighted by atomic mass is 19.4. The molecule has 1 amide bonds. The van der Waals surface area contributed by atoms with Crippen LogP contribution in [0.4, 0.5) is 18.0 Å². The SMILES string of the molecule is CC[C@H]1OC(=O)[C@H](C)C(=O)[C@H](C)[C@@H](O[C@@H]2O[C@H](C)C[C@H](N(C)CCc3cn(CCc4ccc(C(F)(F)F)cc4)nn3)[C@H]2O)[C@](C)(OC)C[C@@H](C)C(=O)[C@H](C)[C@H]2N(CCCCn3cnc(-c4cccnc4)c3)C(=O)O[C@]12C. The van der Waals surface area contributed by atoms with Gasteiger partial charge in [0.15, 0.2) is 17.7 Å². The number of rotatable bonds is 17. The Labute approximate surface area is 442 Å². The number of likely N-dealkylation sites (N-methyl/N-ethyl adjacent to an activating group) is 1. The van der Waals surface area contributed by atoms with E-state index < -0.39 is 107 Å². The van der Waals surface area contributed by atoms with E-state index in [1.54, 1.807) is 76.0 Å². The van der Waals surface area contributed by atoms with Crippen molar-refractivity contribution >= 4 is 23.6 Å². The van der Waals surface area contributed by atoms with Gasteiger partial charge in [-0.25, -0.2) is 9.78 Å². The lowest BCUT2D eigenvalue weighted by Crippen LogP contribution is -2.60. The number of hydrogen-bond donors (Lipinski definition) is 1. The zero-order valence-corrected chi connectivity index (χ0v) is 45.3. The Morgan fingerprint density at radius 1 is 0.934 bits per heavy atom. The first-order chi connectivity index (χ1) is 36.0. The molecule has 1 N–H and O–H groups in total. The van der Waals surface area contributed by atoms with Gasteiger partial charge in [0.2, 0.25) is 0 Å². The lowest BCUT2D eigenvalue weighted by Gasteiger charge is -2.47. The number of unbranched alkanes of at least 4 members (excludes halogenated alkanes) is 1. The molecule has 0 aliphatic carbocycles. The van der Waals surface area contributed by atoms with Gasteiger partial charge in [0.1, 0.15) is 23.9 Å². The van der Waals surface area contributed by atoms with Gasteiger partial charge in [-0.1, -0.05) is 45.0 Å². The van der Waals surface area contributed by atoms with E-state index in [0.717, 1.165) is 29.0 Å². The average molecular weight is 1070 g/mol. The summed E-state index contributed by atoms with van der Waals surface area (Å²) < 4.78 is 74.5. The van der Waals surface area contributed by atoms with Gasteiger partial charge in [-0.3, -0.25) is 24.0 Å². The summed E-state index contributed by atoms with van der Waals surface area (Å²) in [5.41, 5.74) is -0.431. The van der Waals surface area contributed by atoms with Crippen molar-refractivity contribution in [3.05, 3.63) is 84.3 Å². The van der Waals surface area contributed by atoms with E-state index in [4.69, 9.17) is 23.7 Å². The molecule has 0 spiro atoms. The minimum atomic E-state index is -4.41. The third-order valence-electron chi connectivity index (χ3n) is 15.9. The van der Waals surface area contributed by atoms with Gasteiger partial charge in [-0.05, 0) is 103 Å². The van der Waals surface area contributed by atoms with Gasteiger partial charge >= 0.3 is 18.2 Å². The Morgan fingerprint density at radius 2 is 1.66 bits per heavy atom. The first-order valence-electron chi connectivity index (χ1n) is 26.5. The molecule has 3 aliphatic heterocycles. The van der Waals surface area contributed by atoms with Gasteiger partial charge in [0.25, 0.3) is 0 Å². The van der Waals surface area contributed by atoms with Crippen molar-refractivity contribution < 1.29 is 61.1 Å². The molecule has 0 unspecified atom stereocenters. The van der Waals surface area contributed by atoms with Crippen LogP contribution in [0.2, 0.25) is 0 Å². The van der Waals surface area contributed by atoms with Gasteiger partial charge in [0.05, 0.1) is 47.1 Å². The van der Waals surface area contributed by atoms with E-state index in [2.05, 4.69) is 20.3 Å². The number of pyridine rings is 1. The predicted molar refractivity (Wildman–Crippen MR) is 272 cm³/mol. The maximum absolute atomic E-state index is 15.0. The molecule has 0 bridgehead atoms. The van der Waals surface area contributed by atoms with Gasteiger partial charge in [0, 0.05) is 93.9 Å². The summed E-state index contributed by atoms with van der Waals surface area (Å²) in [6.45, 7) is 15.5. The number of cyclic esters (lactones) is 1. The number of amides is 1. The molecule has 0 radical (unpaired) electrons. The van der Waals surface area contributed by atoms with Crippen LogP contribution in [-0.4, -0.2) is 149 Å². The number of fused-ring (bicyclic) bond motifs is 1. The van der Waals surface area contributed by atoms with Crippen LogP contribution >= 0.6 is 0 Å². The Kier molecular flexibility index (Phi) is 18.6. The number of nitrogens with zero attached hydrogens (tertiary/aromatic N) is 8. The number of alkyl halides is 3. The molecule has 4 aromatic rings. The molecule has 18 nitrogen and oxygen atoms in total. The normalized spacial score (nSPS) is 31.0. The maximum Gasteiger partial charge on any atom is 0.416 e. The Hall–Kier alpha value is -5.61. The summed E-state index contributed by atoms with van der Waals surface area (Å²) in [6.07, 6.45) is 1.71. The fraction of sp³-hybridized carbons (Fsp3) is 0.636. The van der Waals surface area contributed by atoms with Crippen LogP contribution in [0.3, 0.4) is 0 Å². The van der Waals surface area contributed by atoms with Gasteiger partial charge < -0.3 is 43.2 Å². The van der Waals surface area contributed by atoms with Crippen molar-refractivity contribution in [3.8, 4) is 11.3 Å². The lowest BCUT2D eigenvalue weighted by molar-refractivity contribution is -0.296. The fourth-order valence-corrected chi connectivity index (χ4v) is 11.5. The molecule has 76 heavy (non-hydrogen) atoms. The summed E-state index contributed by atoms with van der Waals surface area (Å²) in [5, 5.41) is 20.6. The van der Waals surface area contributed by atoms with Crippen molar-refractivity contribution in [1.82, 2.24) is 39.3 Å². The molecule has 3 aliphatic rings. The number of hydrogen-bond acceptors (Lipinski definition) is 15. The van der Waals surface area contributed by atoms with E-state index in [0.29, 0.717) is 57.4 Å². The molecule has 21 heteroatoms. The Balaban J connectivity index is 1.05. The predicted octanol–water partition coefficient (Wildman–Crippen LogP) is 7.40. The minimum absolute atomic E-state index is 0.0574. The third kappa shape index (κ3) is 13.0. The third-order valence-corrected chi connectivity index (χ3v) is 15.9. The molecule has 6 heterocycles. The number of aliphatic hydroxyl groups is 1. The number of ether oxygens (including phenoxy) is 5. The number of aromatic nitrogens is 6. The number of aryl methyl sites for hydroxylation is 3. The second-order valence-electron chi connectivity index (χ2n) is 21.5. The zero-order chi connectivity index (χ0) is 55.3. The molecule has 3 saturated heterocycles. The molecule has 1 aromatic carbocycles. The van der Waals surface area contributed by atoms with Gasteiger partial charge in [-0.15, -0.1) is 5.10 Å². The van der Waals surface area contributed by atoms with Crippen LogP contribution in [0, 0.1) is 23.7 Å². The molecule has 7 rings (SSSR count). The van der Waals surface area contributed by atoms with Crippen molar-refractivity contribution in [2.75, 3.05) is 27.2 Å².